The minimum absolute atomic E-state index is 0. The number of rotatable bonds is 2. The Labute approximate surface area is 61.3 Å². The maximum absolute atomic E-state index is 9.87. The van der Waals surface area contributed by atoms with Crippen LogP contribution in [0.5, 0.6) is 0 Å². The van der Waals surface area contributed by atoms with E-state index in [1.807, 2.05) is 0 Å². The van der Waals surface area contributed by atoms with Crippen LogP contribution in [-0.2, 0) is 30.7 Å². The van der Waals surface area contributed by atoms with E-state index in [0.29, 0.717) is 0 Å². The van der Waals surface area contributed by atoms with Gasteiger partial charge in [0.15, 0.2) is 0 Å². The number of ketones is 1. The molecule has 0 amide bonds. The molecule has 0 radical (unpaired) electrons. The molecule has 0 aliphatic carbocycles. The van der Waals surface area contributed by atoms with E-state index in [1.165, 1.54) is 6.92 Å². The van der Waals surface area contributed by atoms with Crippen molar-refractivity contribution in [3.63, 3.8) is 0 Å². The summed E-state index contributed by atoms with van der Waals surface area (Å²) in [5.41, 5.74) is 0. The van der Waals surface area contributed by atoms with E-state index in [0.717, 1.165) is 0 Å². The van der Waals surface area contributed by atoms with E-state index in [4.69, 9.17) is 5.11 Å². The van der Waals surface area contributed by atoms with Gasteiger partial charge in [-0.05, 0) is 6.92 Å². The molecule has 0 bridgehead atoms. The summed E-state index contributed by atoms with van der Waals surface area (Å²) in [6, 6.07) is 0. The van der Waals surface area contributed by atoms with Gasteiger partial charge in [-0.2, -0.15) is 0 Å². The zero-order valence-corrected chi connectivity index (χ0v) is 6.39. The quantitative estimate of drug-likeness (QED) is 0.503. The first-order valence-corrected chi connectivity index (χ1v) is 1.84. The largest absolute Gasteiger partial charge is 0.481 e. The predicted octanol–water partition coefficient (Wildman–Crippen LogP) is 0.0476. The monoisotopic (exact) mass is 200 g/mol. The standard InChI is InChI=1S/C4H6O3.Mo/c1-3(5)2-4(6)7;/h2H2,1H3,(H,6,7);. The second-order valence-electron chi connectivity index (χ2n) is 1.27. The van der Waals surface area contributed by atoms with Gasteiger partial charge in [-0.1, -0.05) is 0 Å². The molecule has 46 valence electrons. The SMILES string of the molecule is CC(=O)CC(=O)O.[Mo]. The Hall–Kier alpha value is -0.172. The molecule has 4 heteroatoms. The predicted molar refractivity (Wildman–Crippen MR) is 22.9 cm³/mol. The zero-order valence-electron chi connectivity index (χ0n) is 4.38. The van der Waals surface area contributed by atoms with E-state index in [9.17, 15) is 9.59 Å². The molecule has 0 rings (SSSR count). The molecule has 0 atom stereocenters. The van der Waals surface area contributed by atoms with Crippen LogP contribution in [0, 0.1) is 0 Å². The number of carbonyl (C=O) groups is 2. The Balaban J connectivity index is 0. The fourth-order valence-electron chi connectivity index (χ4n) is 0.213. The summed E-state index contributed by atoms with van der Waals surface area (Å²) in [7, 11) is 0. The van der Waals surface area contributed by atoms with Crippen LogP contribution in [0.25, 0.3) is 0 Å². The molecule has 0 aromatic heterocycles. The topological polar surface area (TPSA) is 54.4 Å². The summed E-state index contributed by atoms with van der Waals surface area (Å²) in [5.74, 6) is -1.37. The van der Waals surface area contributed by atoms with Crippen molar-refractivity contribution in [1.82, 2.24) is 0 Å². The van der Waals surface area contributed by atoms with E-state index < -0.39 is 5.97 Å². The van der Waals surface area contributed by atoms with Crippen LogP contribution in [0.15, 0.2) is 0 Å². The molecule has 0 aromatic carbocycles. The molecule has 1 N–H and O–H groups in total. The van der Waals surface area contributed by atoms with Gasteiger partial charge in [-0.3, -0.25) is 9.59 Å². The molecule has 8 heavy (non-hydrogen) atoms. The smallest absolute Gasteiger partial charge is 0.310 e. The summed E-state index contributed by atoms with van der Waals surface area (Å²) >= 11 is 0. The summed E-state index contributed by atoms with van der Waals surface area (Å²) in [4.78, 5) is 19.5. The van der Waals surface area contributed by atoms with Crippen molar-refractivity contribution in [1.29, 1.82) is 0 Å². The van der Waals surface area contributed by atoms with Crippen molar-refractivity contribution in [2.75, 3.05) is 0 Å². The van der Waals surface area contributed by atoms with Crippen LogP contribution in [-0.4, -0.2) is 16.9 Å². The molecule has 0 aliphatic rings. The maximum Gasteiger partial charge on any atom is 0.310 e. The van der Waals surface area contributed by atoms with Crippen LogP contribution < -0.4 is 0 Å². The zero-order chi connectivity index (χ0) is 5.86. The van der Waals surface area contributed by atoms with Crippen LogP contribution in [0.3, 0.4) is 0 Å². The third-order valence-corrected chi connectivity index (χ3v) is 0.400. The molecule has 0 aromatic rings. The minimum atomic E-state index is -1.06. The molecule has 0 heterocycles. The Morgan fingerprint density at radius 2 is 1.88 bits per heavy atom. The molecule has 0 spiro atoms. The molecular weight excluding hydrogens is 192 g/mol. The average Bonchev–Trinajstić information content (AvgIpc) is 1.27. The molecule has 0 saturated carbocycles. The second-order valence-corrected chi connectivity index (χ2v) is 1.27. The molecule has 0 unspecified atom stereocenters. The fraction of sp³-hybridized carbons (Fsp3) is 0.500. The number of Topliss-reactive ketones (excluding diaryl/α,β-unsaturated/α-hetero) is 1. The number of carbonyl (C=O) groups excluding carboxylic acids is 1. The minimum Gasteiger partial charge on any atom is -0.481 e. The summed E-state index contributed by atoms with van der Waals surface area (Å²) in [5, 5.41) is 7.86. The van der Waals surface area contributed by atoms with Crippen LogP contribution in [0.4, 0.5) is 0 Å². The third kappa shape index (κ3) is 9.27. The Kier molecular flexibility index (Phi) is 6.68. The van der Waals surface area contributed by atoms with E-state index >= 15 is 0 Å². The van der Waals surface area contributed by atoms with Crippen molar-refractivity contribution < 1.29 is 35.8 Å². The third-order valence-electron chi connectivity index (χ3n) is 0.400. The summed E-state index contributed by atoms with van der Waals surface area (Å²) < 4.78 is 0. The average molecular weight is 198 g/mol. The Bertz CT molecular complexity index is 87.5. The van der Waals surface area contributed by atoms with Crippen LogP contribution in [0.2, 0.25) is 0 Å². The first-order chi connectivity index (χ1) is 3.13. The maximum atomic E-state index is 9.87. The van der Waals surface area contributed by atoms with Crippen molar-refractivity contribution in [2.45, 2.75) is 13.3 Å². The van der Waals surface area contributed by atoms with Crippen molar-refractivity contribution >= 4 is 11.8 Å². The molecule has 0 fully saturated rings. The van der Waals surface area contributed by atoms with Gasteiger partial charge in [0.2, 0.25) is 0 Å². The van der Waals surface area contributed by atoms with Crippen molar-refractivity contribution in [3.8, 4) is 0 Å². The number of hydrogen-bond donors (Lipinski definition) is 1. The molecular formula is C4H6MoO3. The van der Waals surface area contributed by atoms with E-state index in [2.05, 4.69) is 0 Å². The summed E-state index contributed by atoms with van der Waals surface area (Å²) in [6.07, 6.45) is -0.361. The number of carboxylic acid groups (broad SMARTS) is 1. The molecule has 0 aliphatic heterocycles. The first-order valence-electron chi connectivity index (χ1n) is 1.84. The van der Waals surface area contributed by atoms with Gasteiger partial charge in [0, 0.05) is 21.1 Å². The van der Waals surface area contributed by atoms with Gasteiger partial charge in [0.1, 0.15) is 12.2 Å². The Morgan fingerprint density at radius 3 is 1.88 bits per heavy atom. The van der Waals surface area contributed by atoms with Gasteiger partial charge >= 0.3 is 5.97 Å². The van der Waals surface area contributed by atoms with Gasteiger partial charge in [-0.25, -0.2) is 0 Å². The summed E-state index contributed by atoms with van der Waals surface area (Å²) in [6.45, 7) is 1.24. The van der Waals surface area contributed by atoms with Gasteiger partial charge in [-0.15, -0.1) is 0 Å². The molecule has 3 nitrogen and oxygen atoms in total. The van der Waals surface area contributed by atoms with Gasteiger partial charge < -0.3 is 5.11 Å². The Morgan fingerprint density at radius 1 is 1.50 bits per heavy atom. The van der Waals surface area contributed by atoms with Gasteiger partial charge in [0.05, 0.1) is 0 Å². The van der Waals surface area contributed by atoms with E-state index in [-0.39, 0.29) is 33.3 Å². The van der Waals surface area contributed by atoms with Crippen LogP contribution in [0.1, 0.15) is 13.3 Å². The van der Waals surface area contributed by atoms with Crippen LogP contribution >= 0.6 is 0 Å². The van der Waals surface area contributed by atoms with Crippen molar-refractivity contribution in [3.05, 3.63) is 0 Å². The van der Waals surface area contributed by atoms with Crippen molar-refractivity contribution in [2.24, 2.45) is 0 Å². The van der Waals surface area contributed by atoms with E-state index in [1.54, 1.807) is 0 Å². The van der Waals surface area contributed by atoms with Gasteiger partial charge in [0.25, 0.3) is 0 Å². The number of aliphatic carboxylic acids is 1. The second kappa shape index (κ2) is 4.97. The normalized spacial score (nSPS) is 7.12. The first kappa shape index (κ1) is 10.7. The number of carboxylic acids is 1. The molecule has 0 saturated heterocycles. The number of hydrogen-bond acceptors (Lipinski definition) is 2. The fourth-order valence-corrected chi connectivity index (χ4v) is 0.213.